The van der Waals surface area contributed by atoms with Gasteiger partial charge in [0, 0.05) is 6.92 Å². The highest BCUT2D eigenvalue weighted by molar-refractivity contribution is 6.00. The van der Waals surface area contributed by atoms with Gasteiger partial charge in [-0.1, -0.05) is 24.3 Å². The van der Waals surface area contributed by atoms with Crippen LogP contribution in [-0.4, -0.2) is 38.7 Å². The molecule has 0 aromatic rings. The van der Waals surface area contributed by atoms with E-state index in [4.69, 9.17) is 14.2 Å². The van der Waals surface area contributed by atoms with E-state index in [-0.39, 0.29) is 19.4 Å². The third kappa shape index (κ3) is 5.81. The van der Waals surface area contributed by atoms with Gasteiger partial charge in [0.15, 0.2) is 5.41 Å². The Morgan fingerprint density at radius 2 is 1.48 bits per heavy atom. The van der Waals surface area contributed by atoms with Gasteiger partial charge in [-0.3, -0.25) is 14.4 Å². The van der Waals surface area contributed by atoms with Crippen LogP contribution in [0.5, 0.6) is 0 Å². The summed E-state index contributed by atoms with van der Waals surface area (Å²) in [4.78, 5) is 34.7. The molecule has 0 spiro atoms. The van der Waals surface area contributed by atoms with Gasteiger partial charge in [0.05, 0.1) is 14.2 Å². The molecule has 0 N–H and O–H groups in total. The van der Waals surface area contributed by atoms with Gasteiger partial charge in [0.1, 0.15) is 6.61 Å². The van der Waals surface area contributed by atoms with Crippen LogP contribution in [0.4, 0.5) is 0 Å². The quantitative estimate of drug-likeness (QED) is 0.294. The smallest absolute Gasteiger partial charge is 0.323 e. The minimum Gasteiger partial charge on any atom is -0.468 e. The van der Waals surface area contributed by atoms with Crippen LogP contribution in [0.25, 0.3) is 0 Å². The van der Waals surface area contributed by atoms with Crippen LogP contribution in [0.3, 0.4) is 0 Å². The first-order valence-corrected chi connectivity index (χ1v) is 6.51. The number of hydrogen-bond donors (Lipinski definition) is 0. The fourth-order valence-electron chi connectivity index (χ4n) is 1.73. The van der Waals surface area contributed by atoms with Crippen LogP contribution in [0.15, 0.2) is 24.3 Å². The Morgan fingerprint density at radius 3 is 1.90 bits per heavy atom. The number of esters is 3. The molecule has 0 radical (unpaired) electrons. The summed E-state index contributed by atoms with van der Waals surface area (Å²) in [5, 5.41) is 0. The van der Waals surface area contributed by atoms with Crippen molar-refractivity contribution >= 4 is 17.9 Å². The lowest BCUT2D eigenvalue weighted by Crippen LogP contribution is -2.40. The molecule has 0 aromatic heterocycles. The van der Waals surface area contributed by atoms with Crippen molar-refractivity contribution in [2.24, 2.45) is 5.41 Å². The molecule has 0 aliphatic heterocycles. The van der Waals surface area contributed by atoms with Crippen molar-refractivity contribution in [2.75, 3.05) is 20.8 Å². The number of rotatable bonds is 8. The molecule has 118 valence electrons. The van der Waals surface area contributed by atoms with E-state index in [1.54, 1.807) is 31.2 Å². The van der Waals surface area contributed by atoms with Gasteiger partial charge in [-0.15, -0.1) is 0 Å². The summed E-state index contributed by atoms with van der Waals surface area (Å²) in [5.74, 6) is -1.73. The van der Waals surface area contributed by atoms with E-state index < -0.39 is 23.3 Å². The van der Waals surface area contributed by atoms with E-state index in [9.17, 15) is 14.4 Å². The number of allylic oxidation sites excluding steroid dienone is 3. The average molecular weight is 298 g/mol. The minimum absolute atomic E-state index is 0.0807. The molecular weight excluding hydrogens is 276 g/mol. The first-order valence-electron chi connectivity index (χ1n) is 6.51. The first kappa shape index (κ1) is 18.9. The number of ether oxygens (including phenoxy) is 3. The number of carbonyl (C=O) groups excluding carboxylic acids is 3. The van der Waals surface area contributed by atoms with Gasteiger partial charge in [-0.25, -0.2) is 0 Å². The molecule has 0 atom stereocenters. The van der Waals surface area contributed by atoms with E-state index in [0.29, 0.717) is 0 Å². The highest BCUT2D eigenvalue weighted by atomic mass is 16.5. The predicted octanol–water partition coefficient (Wildman–Crippen LogP) is 1.79. The molecule has 21 heavy (non-hydrogen) atoms. The second-order valence-corrected chi connectivity index (χ2v) is 4.32. The Morgan fingerprint density at radius 1 is 0.952 bits per heavy atom. The molecule has 6 heteroatoms. The van der Waals surface area contributed by atoms with Crippen molar-refractivity contribution < 1.29 is 28.6 Å². The third-order valence-electron chi connectivity index (χ3n) is 2.87. The van der Waals surface area contributed by atoms with Crippen LogP contribution in [0.2, 0.25) is 0 Å². The van der Waals surface area contributed by atoms with Crippen LogP contribution in [0.1, 0.15) is 26.7 Å². The molecule has 0 rings (SSSR count). The van der Waals surface area contributed by atoms with Gasteiger partial charge >= 0.3 is 17.9 Å². The molecule has 0 fully saturated rings. The molecule has 0 bridgehead atoms. The molecule has 0 unspecified atom stereocenters. The highest BCUT2D eigenvalue weighted by Crippen LogP contribution is 2.31. The van der Waals surface area contributed by atoms with Gasteiger partial charge in [-0.05, 0) is 19.8 Å². The fraction of sp³-hybridized carbons (Fsp3) is 0.533. The van der Waals surface area contributed by atoms with Crippen LogP contribution in [-0.2, 0) is 28.6 Å². The standard InChI is InChI=1S/C15H22O6/c1-5-6-9-15(13(17)19-3,14(18)20-4)10-7-8-11-21-12(2)16/h5-8H,9-11H2,1-4H3/b6-5+,8-7+. The Labute approximate surface area is 124 Å². The van der Waals surface area contributed by atoms with E-state index in [1.807, 2.05) is 0 Å². The molecule has 0 saturated carbocycles. The Balaban J connectivity index is 5.12. The maximum absolute atomic E-state index is 12.0. The number of carbonyl (C=O) groups is 3. The van der Waals surface area contributed by atoms with Crippen molar-refractivity contribution in [3.05, 3.63) is 24.3 Å². The average Bonchev–Trinajstić information content (AvgIpc) is 2.48. The van der Waals surface area contributed by atoms with Gasteiger partial charge in [0.25, 0.3) is 0 Å². The van der Waals surface area contributed by atoms with Crippen LogP contribution < -0.4 is 0 Å². The molecule has 0 amide bonds. The van der Waals surface area contributed by atoms with E-state index in [0.717, 1.165) is 0 Å². The largest absolute Gasteiger partial charge is 0.468 e. The topological polar surface area (TPSA) is 78.9 Å². The summed E-state index contributed by atoms with van der Waals surface area (Å²) in [7, 11) is 2.44. The normalized spacial score (nSPS) is 11.6. The summed E-state index contributed by atoms with van der Waals surface area (Å²) in [6, 6.07) is 0. The zero-order chi connectivity index (χ0) is 16.3. The zero-order valence-electron chi connectivity index (χ0n) is 12.9. The zero-order valence-corrected chi connectivity index (χ0v) is 12.9. The van der Waals surface area contributed by atoms with Crippen LogP contribution >= 0.6 is 0 Å². The monoisotopic (exact) mass is 298 g/mol. The molecule has 6 nitrogen and oxygen atoms in total. The summed E-state index contributed by atoms with van der Waals surface area (Å²) >= 11 is 0. The Kier molecular flexibility index (Phi) is 8.76. The Bertz CT molecular complexity index is 406. The SMILES string of the molecule is C/C=C/CC(C/C=C/COC(C)=O)(C(=O)OC)C(=O)OC. The van der Waals surface area contributed by atoms with Crippen molar-refractivity contribution in [2.45, 2.75) is 26.7 Å². The first-order chi connectivity index (χ1) is 9.94. The third-order valence-corrected chi connectivity index (χ3v) is 2.87. The van der Waals surface area contributed by atoms with E-state index >= 15 is 0 Å². The molecule has 0 aliphatic carbocycles. The van der Waals surface area contributed by atoms with Crippen molar-refractivity contribution in [1.29, 1.82) is 0 Å². The second kappa shape index (κ2) is 9.74. The van der Waals surface area contributed by atoms with Crippen molar-refractivity contribution in [3.63, 3.8) is 0 Å². The van der Waals surface area contributed by atoms with Crippen molar-refractivity contribution in [3.8, 4) is 0 Å². The highest BCUT2D eigenvalue weighted by Gasteiger charge is 2.46. The van der Waals surface area contributed by atoms with Crippen molar-refractivity contribution in [1.82, 2.24) is 0 Å². The van der Waals surface area contributed by atoms with Gasteiger partial charge in [-0.2, -0.15) is 0 Å². The lowest BCUT2D eigenvalue weighted by Gasteiger charge is -2.25. The summed E-state index contributed by atoms with van der Waals surface area (Å²) in [6.45, 7) is 3.17. The minimum atomic E-state index is -1.43. The Hall–Kier alpha value is -2.11. The molecular formula is C15H22O6. The molecule has 0 saturated heterocycles. The summed E-state index contributed by atoms with van der Waals surface area (Å²) in [5.41, 5.74) is -1.43. The lowest BCUT2D eigenvalue weighted by molar-refractivity contribution is -0.168. The maximum atomic E-state index is 12.0. The van der Waals surface area contributed by atoms with E-state index in [1.165, 1.54) is 21.1 Å². The summed E-state index contributed by atoms with van der Waals surface area (Å²) < 4.78 is 14.2. The number of methoxy groups -OCH3 is 2. The maximum Gasteiger partial charge on any atom is 0.323 e. The second-order valence-electron chi connectivity index (χ2n) is 4.32. The number of hydrogen-bond acceptors (Lipinski definition) is 6. The predicted molar refractivity (Wildman–Crippen MR) is 76.3 cm³/mol. The lowest BCUT2D eigenvalue weighted by atomic mass is 9.80. The van der Waals surface area contributed by atoms with Gasteiger partial charge in [0.2, 0.25) is 0 Å². The fourth-order valence-corrected chi connectivity index (χ4v) is 1.73. The summed E-state index contributed by atoms with van der Waals surface area (Å²) in [6.07, 6.45) is 6.87. The van der Waals surface area contributed by atoms with Crippen LogP contribution in [0, 0.1) is 5.41 Å². The molecule has 0 aliphatic rings. The van der Waals surface area contributed by atoms with E-state index in [2.05, 4.69) is 0 Å². The van der Waals surface area contributed by atoms with Gasteiger partial charge < -0.3 is 14.2 Å². The molecule has 0 heterocycles. The molecule has 0 aromatic carbocycles.